The van der Waals surface area contributed by atoms with Crippen LogP contribution in [0.1, 0.15) is 29.9 Å². The largest absolute Gasteiger partial charge is 0.493 e. The van der Waals surface area contributed by atoms with Crippen LogP contribution in [0.15, 0.2) is 12.1 Å². The van der Waals surface area contributed by atoms with Gasteiger partial charge < -0.3 is 10.2 Å². The second-order valence-corrected chi connectivity index (χ2v) is 3.58. The van der Waals surface area contributed by atoms with Crippen LogP contribution in [0.3, 0.4) is 0 Å². The van der Waals surface area contributed by atoms with Crippen molar-refractivity contribution in [2.24, 2.45) is 5.92 Å². The molecule has 0 aliphatic carbocycles. The zero-order chi connectivity index (χ0) is 10.7. The number of rotatable bonds is 3. The summed E-state index contributed by atoms with van der Waals surface area (Å²) in [6, 6.07) is 3.01. The molecule has 0 spiro atoms. The molecule has 2 N–H and O–H groups in total. The number of aromatic carboxylic acids is 1. The number of aromatic nitrogens is 1. The van der Waals surface area contributed by atoms with E-state index in [9.17, 15) is 9.90 Å². The number of pyridine rings is 1. The molecule has 0 atom stereocenters. The summed E-state index contributed by atoms with van der Waals surface area (Å²) in [6.45, 7) is 4.06. The molecule has 1 aromatic rings. The maximum absolute atomic E-state index is 10.6. The van der Waals surface area contributed by atoms with E-state index in [0.717, 1.165) is 6.42 Å². The normalized spacial score (nSPS) is 10.5. The Hall–Kier alpha value is -1.58. The van der Waals surface area contributed by atoms with Crippen LogP contribution in [0.5, 0.6) is 5.88 Å². The van der Waals surface area contributed by atoms with Gasteiger partial charge in [-0.15, -0.1) is 0 Å². The molecule has 0 unspecified atom stereocenters. The molecule has 0 saturated carbocycles. The molecule has 0 aliphatic rings. The number of hydrogen-bond acceptors (Lipinski definition) is 3. The molecule has 1 heterocycles. The molecule has 0 saturated heterocycles. The zero-order valence-corrected chi connectivity index (χ0v) is 8.19. The number of aromatic hydroxyl groups is 1. The van der Waals surface area contributed by atoms with Gasteiger partial charge in [0.15, 0.2) is 0 Å². The molecule has 1 rings (SSSR count). The smallest absolute Gasteiger partial charge is 0.341 e. The van der Waals surface area contributed by atoms with Gasteiger partial charge in [-0.2, -0.15) is 0 Å². The quantitative estimate of drug-likeness (QED) is 0.769. The highest BCUT2D eigenvalue weighted by molar-refractivity contribution is 5.89. The third-order valence-electron chi connectivity index (χ3n) is 1.78. The molecule has 0 fully saturated rings. The van der Waals surface area contributed by atoms with E-state index >= 15 is 0 Å². The van der Waals surface area contributed by atoms with Gasteiger partial charge in [-0.3, -0.25) is 0 Å². The van der Waals surface area contributed by atoms with E-state index in [1.165, 1.54) is 6.07 Å². The van der Waals surface area contributed by atoms with E-state index in [1.807, 2.05) is 13.8 Å². The topological polar surface area (TPSA) is 70.4 Å². The van der Waals surface area contributed by atoms with Gasteiger partial charge in [-0.25, -0.2) is 9.78 Å². The predicted octanol–water partition coefficient (Wildman–Crippen LogP) is 1.68. The fourth-order valence-electron chi connectivity index (χ4n) is 1.19. The maximum Gasteiger partial charge on any atom is 0.341 e. The molecule has 76 valence electrons. The van der Waals surface area contributed by atoms with Gasteiger partial charge in [-0.05, 0) is 24.5 Å². The minimum absolute atomic E-state index is 0.155. The summed E-state index contributed by atoms with van der Waals surface area (Å²) in [5, 5.41) is 17.9. The Balaban J connectivity index is 2.94. The molecule has 4 nitrogen and oxygen atoms in total. The van der Waals surface area contributed by atoms with Crippen LogP contribution < -0.4 is 0 Å². The van der Waals surface area contributed by atoms with Gasteiger partial charge in [-0.1, -0.05) is 13.8 Å². The Morgan fingerprint density at radius 3 is 2.57 bits per heavy atom. The molecule has 14 heavy (non-hydrogen) atoms. The molecule has 0 aromatic carbocycles. The molecule has 0 bridgehead atoms. The summed E-state index contributed by atoms with van der Waals surface area (Å²) in [6.07, 6.45) is 0.730. The summed E-state index contributed by atoms with van der Waals surface area (Å²) in [5.74, 6) is -1.14. The third-order valence-corrected chi connectivity index (χ3v) is 1.78. The fraction of sp³-hybridized carbons (Fsp3) is 0.400. The Morgan fingerprint density at radius 1 is 1.50 bits per heavy atom. The average molecular weight is 195 g/mol. The Bertz CT molecular complexity index is 347. The average Bonchev–Trinajstić information content (AvgIpc) is 2.01. The van der Waals surface area contributed by atoms with Crippen LogP contribution in [0.2, 0.25) is 0 Å². The van der Waals surface area contributed by atoms with Crippen molar-refractivity contribution >= 4 is 5.97 Å². The van der Waals surface area contributed by atoms with Crippen LogP contribution in [0.4, 0.5) is 0 Å². The molecule has 0 aliphatic heterocycles. The van der Waals surface area contributed by atoms with Crippen LogP contribution in [0, 0.1) is 5.92 Å². The summed E-state index contributed by atoms with van der Waals surface area (Å²) in [5.41, 5.74) is 0.556. The van der Waals surface area contributed by atoms with Crippen molar-refractivity contribution in [2.75, 3.05) is 0 Å². The van der Waals surface area contributed by atoms with Gasteiger partial charge in [0.1, 0.15) is 5.56 Å². The molecule has 0 amide bonds. The first-order valence-electron chi connectivity index (χ1n) is 4.43. The Labute approximate surface area is 82.2 Å². The lowest BCUT2D eigenvalue weighted by Crippen LogP contribution is -2.02. The van der Waals surface area contributed by atoms with Gasteiger partial charge in [0.2, 0.25) is 5.88 Å². The van der Waals surface area contributed by atoms with Crippen molar-refractivity contribution in [3.63, 3.8) is 0 Å². The van der Waals surface area contributed by atoms with Crippen molar-refractivity contribution < 1.29 is 15.0 Å². The highest BCUT2D eigenvalue weighted by Crippen LogP contribution is 2.16. The van der Waals surface area contributed by atoms with Crippen molar-refractivity contribution in [1.29, 1.82) is 0 Å². The van der Waals surface area contributed by atoms with Crippen molar-refractivity contribution in [3.05, 3.63) is 23.4 Å². The first-order chi connectivity index (χ1) is 6.50. The lowest BCUT2D eigenvalue weighted by molar-refractivity contribution is 0.0693. The molecule has 1 aromatic heterocycles. The SMILES string of the molecule is CC(C)Cc1ccc(C(=O)O)c(O)n1. The summed E-state index contributed by atoms with van der Waals surface area (Å²) >= 11 is 0. The Morgan fingerprint density at radius 2 is 2.14 bits per heavy atom. The van der Waals surface area contributed by atoms with E-state index in [2.05, 4.69) is 4.98 Å². The van der Waals surface area contributed by atoms with Crippen molar-refractivity contribution in [3.8, 4) is 5.88 Å². The summed E-state index contributed by atoms with van der Waals surface area (Å²) in [7, 11) is 0. The maximum atomic E-state index is 10.6. The third kappa shape index (κ3) is 2.45. The van der Waals surface area contributed by atoms with E-state index in [4.69, 9.17) is 5.11 Å². The minimum atomic E-state index is -1.16. The van der Waals surface area contributed by atoms with E-state index in [-0.39, 0.29) is 5.56 Å². The zero-order valence-electron chi connectivity index (χ0n) is 8.19. The second-order valence-electron chi connectivity index (χ2n) is 3.58. The molecule has 4 heteroatoms. The second kappa shape index (κ2) is 4.09. The van der Waals surface area contributed by atoms with Crippen LogP contribution in [-0.4, -0.2) is 21.2 Å². The minimum Gasteiger partial charge on any atom is -0.493 e. The molecular formula is C10H13NO3. The molecule has 0 radical (unpaired) electrons. The standard InChI is InChI=1S/C10H13NO3/c1-6(2)5-7-3-4-8(10(13)14)9(12)11-7/h3-4,6H,5H2,1-2H3,(H,11,12)(H,13,14). The van der Waals surface area contributed by atoms with Gasteiger partial charge in [0.05, 0.1) is 0 Å². The van der Waals surface area contributed by atoms with Crippen molar-refractivity contribution in [2.45, 2.75) is 20.3 Å². The predicted molar refractivity (Wildman–Crippen MR) is 51.4 cm³/mol. The van der Waals surface area contributed by atoms with Crippen LogP contribution in [0.25, 0.3) is 0 Å². The number of carboxylic acid groups (broad SMARTS) is 1. The number of hydrogen-bond donors (Lipinski definition) is 2. The first-order valence-corrected chi connectivity index (χ1v) is 4.43. The van der Waals surface area contributed by atoms with Crippen LogP contribution >= 0.6 is 0 Å². The number of nitrogens with zero attached hydrogens (tertiary/aromatic N) is 1. The highest BCUT2D eigenvalue weighted by Gasteiger charge is 2.11. The number of carbonyl (C=O) groups is 1. The van der Waals surface area contributed by atoms with Gasteiger partial charge >= 0.3 is 5.97 Å². The summed E-state index contributed by atoms with van der Waals surface area (Å²) < 4.78 is 0. The lowest BCUT2D eigenvalue weighted by Gasteiger charge is -2.05. The number of carboxylic acids is 1. The van der Waals surface area contributed by atoms with Crippen molar-refractivity contribution in [1.82, 2.24) is 4.98 Å². The fourth-order valence-corrected chi connectivity index (χ4v) is 1.19. The summed E-state index contributed by atoms with van der Waals surface area (Å²) in [4.78, 5) is 14.4. The highest BCUT2D eigenvalue weighted by atomic mass is 16.4. The van der Waals surface area contributed by atoms with E-state index in [1.54, 1.807) is 6.07 Å². The van der Waals surface area contributed by atoms with Gasteiger partial charge in [0, 0.05) is 5.69 Å². The monoisotopic (exact) mass is 195 g/mol. The molecular weight excluding hydrogens is 182 g/mol. The van der Waals surface area contributed by atoms with Crippen LogP contribution in [-0.2, 0) is 6.42 Å². The van der Waals surface area contributed by atoms with E-state index < -0.39 is 11.8 Å². The van der Waals surface area contributed by atoms with Gasteiger partial charge in [0.25, 0.3) is 0 Å². The lowest BCUT2D eigenvalue weighted by atomic mass is 10.1. The first kappa shape index (κ1) is 10.5. The Kier molecular flexibility index (Phi) is 3.06. The van der Waals surface area contributed by atoms with E-state index in [0.29, 0.717) is 11.6 Å².